The molecule has 1 aromatic heterocycles. The summed E-state index contributed by atoms with van der Waals surface area (Å²) in [7, 11) is 0. The molecule has 0 spiro atoms. The first-order valence-corrected chi connectivity index (χ1v) is 7.37. The first-order chi connectivity index (χ1) is 8.77. The number of nitrogens with zero attached hydrogens (tertiary/aromatic N) is 2. The Morgan fingerprint density at radius 2 is 2.17 bits per heavy atom. The van der Waals surface area contributed by atoms with E-state index in [2.05, 4.69) is 27.8 Å². The maximum atomic E-state index is 11.5. The van der Waals surface area contributed by atoms with Gasteiger partial charge in [0.05, 0.1) is 0 Å². The van der Waals surface area contributed by atoms with Crippen LogP contribution >= 0.6 is 11.8 Å². The van der Waals surface area contributed by atoms with Crippen LogP contribution in [0.1, 0.15) is 30.8 Å². The highest BCUT2D eigenvalue weighted by atomic mass is 32.2. The largest absolute Gasteiger partial charge is 0.369 e. The van der Waals surface area contributed by atoms with Crippen LogP contribution in [0.2, 0.25) is 0 Å². The summed E-state index contributed by atoms with van der Waals surface area (Å²) in [5.41, 5.74) is 0.351. The number of rotatable bonds is 8. The standard InChI is InChI=1S/C12H20N4OS/c1-3-13-12(17)10-6-7-11(16-15-10)14-8-5-9-18-4-2/h6-7H,3-5,8-9H2,1-2H3,(H,13,17)(H,14,16). The van der Waals surface area contributed by atoms with Crippen molar-refractivity contribution in [3.05, 3.63) is 17.8 Å². The van der Waals surface area contributed by atoms with E-state index in [1.54, 1.807) is 12.1 Å². The number of amides is 1. The molecule has 6 heteroatoms. The number of anilines is 1. The molecular formula is C12H20N4OS. The zero-order chi connectivity index (χ0) is 13.2. The molecule has 0 aliphatic heterocycles. The van der Waals surface area contributed by atoms with Gasteiger partial charge in [0.2, 0.25) is 0 Å². The topological polar surface area (TPSA) is 66.9 Å². The number of nitrogens with one attached hydrogen (secondary N) is 2. The van der Waals surface area contributed by atoms with Crippen LogP contribution in [0.5, 0.6) is 0 Å². The van der Waals surface area contributed by atoms with Crippen LogP contribution in [-0.2, 0) is 0 Å². The van der Waals surface area contributed by atoms with Gasteiger partial charge in [0.15, 0.2) is 5.69 Å². The number of aromatic nitrogens is 2. The molecule has 0 saturated heterocycles. The molecule has 5 nitrogen and oxygen atoms in total. The minimum Gasteiger partial charge on any atom is -0.369 e. The van der Waals surface area contributed by atoms with Gasteiger partial charge < -0.3 is 10.6 Å². The molecule has 0 unspecified atom stereocenters. The summed E-state index contributed by atoms with van der Waals surface area (Å²) in [5.74, 6) is 2.83. The normalized spacial score (nSPS) is 10.1. The molecule has 0 saturated carbocycles. The van der Waals surface area contributed by atoms with Gasteiger partial charge in [0.1, 0.15) is 5.82 Å². The molecule has 100 valence electrons. The molecule has 0 atom stereocenters. The molecule has 0 radical (unpaired) electrons. The molecule has 1 heterocycles. The number of carbonyl (C=O) groups excluding carboxylic acids is 1. The number of thioether (sulfide) groups is 1. The maximum absolute atomic E-state index is 11.5. The first kappa shape index (κ1) is 14.8. The van der Waals surface area contributed by atoms with Gasteiger partial charge in [-0.3, -0.25) is 4.79 Å². The van der Waals surface area contributed by atoms with Gasteiger partial charge in [-0.15, -0.1) is 10.2 Å². The monoisotopic (exact) mass is 268 g/mol. The highest BCUT2D eigenvalue weighted by Gasteiger charge is 2.05. The van der Waals surface area contributed by atoms with Crippen molar-refractivity contribution in [1.82, 2.24) is 15.5 Å². The van der Waals surface area contributed by atoms with E-state index in [9.17, 15) is 4.79 Å². The molecule has 0 aliphatic carbocycles. The lowest BCUT2D eigenvalue weighted by Crippen LogP contribution is -2.24. The van der Waals surface area contributed by atoms with E-state index in [0.29, 0.717) is 18.1 Å². The van der Waals surface area contributed by atoms with Gasteiger partial charge in [-0.05, 0) is 37.0 Å². The Bertz CT molecular complexity index is 356. The number of hydrogen-bond acceptors (Lipinski definition) is 5. The van der Waals surface area contributed by atoms with Crippen molar-refractivity contribution in [2.45, 2.75) is 20.3 Å². The Balaban J connectivity index is 2.33. The van der Waals surface area contributed by atoms with E-state index in [1.807, 2.05) is 18.7 Å². The summed E-state index contributed by atoms with van der Waals surface area (Å²) < 4.78 is 0. The fourth-order valence-corrected chi connectivity index (χ4v) is 1.97. The van der Waals surface area contributed by atoms with Crippen molar-refractivity contribution >= 4 is 23.5 Å². The predicted octanol–water partition coefficient (Wildman–Crippen LogP) is 1.78. The van der Waals surface area contributed by atoms with Crippen LogP contribution < -0.4 is 10.6 Å². The second-order valence-corrected chi connectivity index (χ2v) is 5.03. The third kappa shape index (κ3) is 5.35. The zero-order valence-corrected chi connectivity index (χ0v) is 11.7. The van der Waals surface area contributed by atoms with E-state index < -0.39 is 0 Å². The molecule has 0 aliphatic rings. The summed E-state index contributed by atoms with van der Waals surface area (Å²) >= 11 is 1.93. The van der Waals surface area contributed by atoms with Gasteiger partial charge >= 0.3 is 0 Å². The van der Waals surface area contributed by atoms with Crippen molar-refractivity contribution in [2.24, 2.45) is 0 Å². The molecule has 0 bridgehead atoms. The van der Waals surface area contributed by atoms with Crippen LogP contribution in [0.4, 0.5) is 5.82 Å². The zero-order valence-electron chi connectivity index (χ0n) is 10.9. The van der Waals surface area contributed by atoms with Crippen molar-refractivity contribution < 1.29 is 4.79 Å². The van der Waals surface area contributed by atoms with Crippen molar-refractivity contribution in [3.8, 4) is 0 Å². The lowest BCUT2D eigenvalue weighted by Gasteiger charge is -2.05. The van der Waals surface area contributed by atoms with Gasteiger partial charge in [-0.2, -0.15) is 11.8 Å². The highest BCUT2D eigenvalue weighted by molar-refractivity contribution is 7.99. The van der Waals surface area contributed by atoms with Crippen LogP contribution in [0.15, 0.2) is 12.1 Å². The minimum atomic E-state index is -0.184. The van der Waals surface area contributed by atoms with Gasteiger partial charge in [0.25, 0.3) is 5.91 Å². The van der Waals surface area contributed by atoms with E-state index in [4.69, 9.17) is 0 Å². The van der Waals surface area contributed by atoms with Crippen molar-refractivity contribution in [2.75, 3.05) is 29.9 Å². The average molecular weight is 268 g/mol. The third-order valence-corrected chi connectivity index (χ3v) is 3.20. The molecular weight excluding hydrogens is 248 g/mol. The molecule has 0 fully saturated rings. The fourth-order valence-electron chi connectivity index (χ4n) is 1.33. The van der Waals surface area contributed by atoms with E-state index in [-0.39, 0.29) is 5.91 Å². The average Bonchev–Trinajstić information content (AvgIpc) is 2.39. The summed E-state index contributed by atoms with van der Waals surface area (Å²) in [6, 6.07) is 3.46. The SMILES string of the molecule is CCNC(=O)c1ccc(NCCCSCC)nn1. The second-order valence-electron chi connectivity index (χ2n) is 3.64. The molecule has 2 N–H and O–H groups in total. The van der Waals surface area contributed by atoms with Crippen LogP contribution in [0.3, 0.4) is 0 Å². The molecule has 1 rings (SSSR count). The summed E-state index contributed by atoms with van der Waals surface area (Å²) in [5, 5.41) is 13.7. The Hall–Kier alpha value is -1.30. The molecule has 18 heavy (non-hydrogen) atoms. The molecule has 1 amide bonds. The lowest BCUT2D eigenvalue weighted by atomic mass is 10.3. The maximum Gasteiger partial charge on any atom is 0.271 e. The number of hydrogen-bond donors (Lipinski definition) is 2. The van der Waals surface area contributed by atoms with Crippen molar-refractivity contribution in [3.63, 3.8) is 0 Å². The van der Waals surface area contributed by atoms with Crippen LogP contribution in [0, 0.1) is 0 Å². The minimum absolute atomic E-state index is 0.184. The first-order valence-electron chi connectivity index (χ1n) is 6.21. The highest BCUT2D eigenvalue weighted by Crippen LogP contribution is 2.04. The van der Waals surface area contributed by atoms with Gasteiger partial charge in [-0.25, -0.2) is 0 Å². The third-order valence-electron chi connectivity index (χ3n) is 2.21. The smallest absolute Gasteiger partial charge is 0.271 e. The summed E-state index contributed by atoms with van der Waals surface area (Å²) in [6.07, 6.45) is 1.10. The summed E-state index contributed by atoms with van der Waals surface area (Å²) in [6.45, 7) is 5.50. The van der Waals surface area contributed by atoms with Gasteiger partial charge in [0, 0.05) is 13.1 Å². The van der Waals surface area contributed by atoms with E-state index in [0.717, 1.165) is 24.5 Å². The molecule has 0 aromatic carbocycles. The van der Waals surface area contributed by atoms with Gasteiger partial charge in [-0.1, -0.05) is 6.92 Å². The number of carbonyl (C=O) groups is 1. The van der Waals surface area contributed by atoms with E-state index in [1.165, 1.54) is 0 Å². The Labute approximate surface area is 112 Å². The van der Waals surface area contributed by atoms with Crippen LogP contribution in [0.25, 0.3) is 0 Å². The lowest BCUT2D eigenvalue weighted by molar-refractivity contribution is 0.0950. The van der Waals surface area contributed by atoms with E-state index >= 15 is 0 Å². The van der Waals surface area contributed by atoms with Crippen LogP contribution in [-0.4, -0.2) is 40.7 Å². The fraction of sp³-hybridized carbons (Fsp3) is 0.583. The Morgan fingerprint density at radius 3 is 2.78 bits per heavy atom. The Kier molecular flexibility index (Phi) is 7.17. The second kappa shape index (κ2) is 8.74. The summed E-state index contributed by atoms with van der Waals surface area (Å²) in [4.78, 5) is 11.5. The predicted molar refractivity (Wildman–Crippen MR) is 76.1 cm³/mol. The van der Waals surface area contributed by atoms with Crippen molar-refractivity contribution in [1.29, 1.82) is 0 Å². The molecule has 1 aromatic rings. The Morgan fingerprint density at radius 1 is 1.33 bits per heavy atom. The quantitative estimate of drug-likeness (QED) is 0.704.